The van der Waals surface area contributed by atoms with E-state index < -0.39 is 28.6 Å². The van der Waals surface area contributed by atoms with Gasteiger partial charge in [0.15, 0.2) is 9.71 Å². The lowest BCUT2D eigenvalue weighted by atomic mass is 10.1. The number of fused-ring (bicyclic) bond motifs is 1. The number of nitrogens with zero attached hydrogens (tertiary/aromatic N) is 3. The Morgan fingerprint density at radius 1 is 1.46 bits per heavy atom. The molecular weight excluding hydrogens is 370 g/mol. The van der Waals surface area contributed by atoms with Gasteiger partial charge in [-0.3, -0.25) is 14.5 Å². The SMILES string of the molecule is CC(C)(C)OC(=O)C1=C(CSc2ncns2)CS[C@@H]2C(=O)C(=O)N12. The highest BCUT2D eigenvalue weighted by atomic mass is 32.2. The van der Waals surface area contributed by atoms with Crippen molar-refractivity contribution in [2.75, 3.05) is 11.5 Å². The second-order valence-electron chi connectivity index (χ2n) is 6.15. The van der Waals surface area contributed by atoms with Crippen molar-refractivity contribution in [3.05, 3.63) is 17.6 Å². The van der Waals surface area contributed by atoms with Crippen molar-refractivity contribution in [2.45, 2.75) is 36.1 Å². The fourth-order valence-corrected chi connectivity index (χ4v) is 5.01. The van der Waals surface area contributed by atoms with Gasteiger partial charge < -0.3 is 4.74 Å². The predicted molar refractivity (Wildman–Crippen MR) is 91.6 cm³/mol. The average Bonchev–Trinajstić information content (AvgIpc) is 3.02. The van der Waals surface area contributed by atoms with Crippen LogP contribution in [0, 0.1) is 0 Å². The molecule has 0 radical (unpaired) electrons. The highest BCUT2D eigenvalue weighted by Gasteiger charge is 2.53. The number of hydrogen-bond donors (Lipinski definition) is 0. The van der Waals surface area contributed by atoms with Crippen molar-refractivity contribution in [3.63, 3.8) is 0 Å². The van der Waals surface area contributed by atoms with Crippen LogP contribution in [0.15, 0.2) is 21.9 Å². The summed E-state index contributed by atoms with van der Waals surface area (Å²) in [6.45, 7) is 5.29. The van der Waals surface area contributed by atoms with E-state index in [1.165, 1.54) is 46.3 Å². The first-order valence-corrected chi connectivity index (χ1v) is 9.92. The van der Waals surface area contributed by atoms with E-state index in [0.717, 1.165) is 9.91 Å². The maximum absolute atomic E-state index is 12.6. The third-order valence-corrected chi connectivity index (χ3v) is 6.32. The lowest BCUT2D eigenvalue weighted by molar-refractivity contribution is -0.161. The molecule has 10 heteroatoms. The summed E-state index contributed by atoms with van der Waals surface area (Å²) in [5.41, 5.74) is 0.293. The molecule has 3 rings (SSSR count). The van der Waals surface area contributed by atoms with Crippen LogP contribution in [0.5, 0.6) is 0 Å². The molecular formula is C14H15N3O4S3. The minimum absolute atomic E-state index is 0.204. The summed E-state index contributed by atoms with van der Waals surface area (Å²) in [7, 11) is 0. The molecule has 0 aromatic carbocycles. The summed E-state index contributed by atoms with van der Waals surface area (Å²) in [5, 5.41) is -0.602. The van der Waals surface area contributed by atoms with Gasteiger partial charge in [-0.1, -0.05) is 11.8 Å². The van der Waals surface area contributed by atoms with E-state index in [1.54, 1.807) is 20.8 Å². The Kier molecular flexibility index (Phi) is 4.71. The van der Waals surface area contributed by atoms with Crippen molar-refractivity contribution in [1.82, 2.24) is 14.3 Å². The lowest BCUT2D eigenvalue weighted by Crippen LogP contribution is -2.62. The van der Waals surface area contributed by atoms with Gasteiger partial charge in [0, 0.05) is 11.5 Å². The fourth-order valence-electron chi connectivity index (χ4n) is 2.22. The van der Waals surface area contributed by atoms with Gasteiger partial charge in [-0.25, -0.2) is 9.78 Å². The number of hydrogen-bond acceptors (Lipinski definition) is 9. The number of aromatic nitrogens is 2. The Hall–Kier alpha value is -1.39. The summed E-state index contributed by atoms with van der Waals surface area (Å²) in [5.74, 6) is -0.688. The molecule has 2 aliphatic heterocycles. The largest absolute Gasteiger partial charge is 0.455 e. The molecule has 3 heterocycles. The molecule has 7 nitrogen and oxygen atoms in total. The van der Waals surface area contributed by atoms with Crippen LogP contribution in [0.1, 0.15) is 20.8 Å². The Labute approximate surface area is 151 Å². The van der Waals surface area contributed by atoms with Crippen molar-refractivity contribution in [3.8, 4) is 0 Å². The van der Waals surface area contributed by atoms with Crippen molar-refractivity contribution >= 4 is 52.7 Å². The van der Waals surface area contributed by atoms with Crippen LogP contribution in [0.2, 0.25) is 0 Å². The smallest absolute Gasteiger partial charge is 0.355 e. The molecule has 0 spiro atoms. The van der Waals surface area contributed by atoms with Crippen LogP contribution < -0.4 is 0 Å². The van der Waals surface area contributed by atoms with Gasteiger partial charge in [-0.2, -0.15) is 4.37 Å². The van der Waals surface area contributed by atoms with Gasteiger partial charge in [0.05, 0.1) is 0 Å². The molecule has 1 atom stereocenters. The Bertz CT molecular complexity index is 724. The van der Waals surface area contributed by atoms with Gasteiger partial charge >= 0.3 is 5.97 Å². The molecule has 0 N–H and O–H groups in total. The van der Waals surface area contributed by atoms with E-state index in [4.69, 9.17) is 4.74 Å². The van der Waals surface area contributed by atoms with E-state index in [9.17, 15) is 14.4 Å². The summed E-state index contributed by atoms with van der Waals surface area (Å²) in [6, 6.07) is 0. The first kappa shape index (κ1) is 17.4. The van der Waals surface area contributed by atoms with E-state index in [1.807, 2.05) is 0 Å². The minimum Gasteiger partial charge on any atom is -0.455 e. The van der Waals surface area contributed by atoms with E-state index in [0.29, 0.717) is 11.5 Å². The molecule has 1 aromatic rings. The van der Waals surface area contributed by atoms with E-state index >= 15 is 0 Å². The maximum Gasteiger partial charge on any atom is 0.355 e. The zero-order valence-corrected chi connectivity index (χ0v) is 15.7. The van der Waals surface area contributed by atoms with Gasteiger partial charge in [-0.05, 0) is 37.9 Å². The highest BCUT2D eigenvalue weighted by molar-refractivity contribution is 8.02. The number of rotatable bonds is 4. The molecule has 2 aliphatic rings. The monoisotopic (exact) mass is 385 g/mol. The summed E-state index contributed by atoms with van der Waals surface area (Å²) < 4.78 is 10.2. The van der Waals surface area contributed by atoms with Crippen molar-refractivity contribution < 1.29 is 19.1 Å². The molecule has 1 fully saturated rings. The van der Waals surface area contributed by atoms with Crippen LogP contribution in [-0.4, -0.2) is 54.4 Å². The number of thioether (sulfide) groups is 2. The number of β-lactam (4-membered cyclic amide) rings is 1. The predicted octanol–water partition coefficient (Wildman–Crippen LogP) is 1.71. The number of Topliss-reactive ketones (excluding diaryl/α,β-unsaturated/α-hetero) is 1. The molecule has 24 heavy (non-hydrogen) atoms. The zero-order chi connectivity index (χ0) is 17.5. The second-order valence-corrected chi connectivity index (χ2v) is 9.22. The molecule has 128 valence electrons. The topological polar surface area (TPSA) is 89.5 Å². The quantitative estimate of drug-likeness (QED) is 0.335. The first-order valence-electron chi connectivity index (χ1n) is 7.12. The number of carbonyl (C=O) groups excluding carboxylic acids is 3. The third-order valence-electron chi connectivity index (χ3n) is 3.18. The summed E-state index contributed by atoms with van der Waals surface area (Å²) in [6.07, 6.45) is 1.47. The number of ketones is 1. The van der Waals surface area contributed by atoms with Gasteiger partial charge in [-0.15, -0.1) is 11.8 Å². The standard InChI is InChI=1S/C14H15N3O4S3/c1-14(2,3)21-12(20)8-7(5-23-13-15-6-16-24-13)4-22-11-9(18)10(19)17(8)11/h6,11H,4-5H2,1-3H3/t11-/m1/s1. The molecule has 0 aliphatic carbocycles. The van der Waals surface area contributed by atoms with Crippen LogP contribution in [-0.2, 0) is 19.1 Å². The second kappa shape index (κ2) is 6.49. The van der Waals surface area contributed by atoms with Gasteiger partial charge in [0.25, 0.3) is 11.7 Å². The molecule has 0 bridgehead atoms. The van der Waals surface area contributed by atoms with Crippen LogP contribution in [0.3, 0.4) is 0 Å². The Balaban J connectivity index is 1.87. The minimum atomic E-state index is -0.681. The molecule has 0 unspecified atom stereocenters. The van der Waals surface area contributed by atoms with Crippen LogP contribution in [0.25, 0.3) is 0 Å². The highest BCUT2D eigenvalue weighted by Crippen LogP contribution is 2.40. The summed E-state index contributed by atoms with van der Waals surface area (Å²) >= 11 is 4.07. The normalized spacial score (nSPS) is 20.8. The Morgan fingerprint density at radius 2 is 2.21 bits per heavy atom. The van der Waals surface area contributed by atoms with Crippen LogP contribution >= 0.6 is 35.1 Å². The zero-order valence-electron chi connectivity index (χ0n) is 13.3. The maximum atomic E-state index is 12.6. The van der Waals surface area contributed by atoms with Crippen LogP contribution in [0.4, 0.5) is 0 Å². The summed E-state index contributed by atoms with van der Waals surface area (Å²) in [4.78, 5) is 41.6. The van der Waals surface area contributed by atoms with E-state index in [-0.39, 0.29) is 5.70 Å². The lowest BCUT2D eigenvalue weighted by Gasteiger charge is -2.43. The van der Waals surface area contributed by atoms with Gasteiger partial charge in [0.2, 0.25) is 0 Å². The van der Waals surface area contributed by atoms with E-state index in [2.05, 4.69) is 9.36 Å². The molecule has 1 aromatic heterocycles. The Morgan fingerprint density at radius 3 is 2.83 bits per heavy atom. The third kappa shape index (κ3) is 3.35. The van der Waals surface area contributed by atoms with Gasteiger partial charge in [0.1, 0.15) is 17.6 Å². The van der Waals surface area contributed by atoms with Crippen molar-refractivity contribution in [2.24, 2.45) is 0 Å². The number of ether oxygens (including phenoxy) is 1. The number of amides is 1. The average molecular weight is 385 g/mol. The molecule has 1 amide bonds. The number of esters is 1. The van der Waals surface area contributed by atoms with Crippen molar-refractivity contribution in [1.29, 1.82) is 0 Å². The molecule has 1 saturated heterocycles. The first-order chi connectivity index (χ1) is 11.3. The molecule has 0 saturated carbocycles. The number of carbonyl (C=O) groups is 3. The fraction of sp³-hybridized carbons (Fsp3) is 0.500.